The molecule has 0 aliphatic rings. The molecule has 0 atom stereocenters. The molecule has 3 heterocycles. The van der Waals surface area contributed by atoms with Crippen LogP contribution in [0.1, 0.15) is 0 Å². The van der Waals surface area contributed by atoms with Gasteiger partial charge in [-0.3, -0.25) is 0 Å². The largest absolute Gasteiger partial charge is 0.455 e. The third-order valence-electron chi connectivity index (χ3n) is 7.64. The molecule has 0 bridgehead atoms. The van der Waals surface area contributed by atoms with Gasteiger partial charge < -0.3 is 14.4 Å². The van der Waals surface area contributed by atoms with Crippen LogP contribution in [0.5, 0.6) is 0 Å². The third kappa shape index (κ3) is 4.24. The van der Waals surface area contributed by atoms with Gasteiger partial charge in [-0.15, -0.1) is 65.5 Å². The molecular weight excluding hydrogens is 693 g/mol. The summed E-state index contributed by atoms with van der Waals surface area (Å²) in [6, 6.07) is 47.6. The van der Waals surface area contributed by atoms with E-state index in [1.807, 2.05) is 66.9 Å². The normalized spacial score (nSPS) is 11.1. The molecule has 0 N–H and O–H groups in total. The van der Waals surface area contributed by atoms with E-state index in [9.17, 15) is 0 Å². The second-order valence-electron chi connectivity index (χ2n) is 9.98. The van der Waals surface area contributed by atoms with Crippen LogP contribution in [-0.2, 0) is 20.1 Å². The van der Waals surface area contributed by atoms with Gasteiger partial charge in [0.15, 0.2) is 0 Å². The molecule has 0 saturated heterocycles. The maximum atomic E-state index is 6.60. The molecule has 9 rings (SSSR count). The molecule has 42 heavy (non-hydrogen) atoms. The maximum Gasteiger partial charge on any atom is 0.143 e. The van der Waals surface area contributed by atoms with Gasteiger partial charge in [0.2, 0.25) is 0 Å². The molecule has 3 nitrogen and oxygen atoms in total. The number of hydrogen-bond donors (Lipinski definition) is 0. The van der Waals surface area contributed by atoms with Crippen LogP contribution in [-0.4, -0.2) is 9.97 Å². The van der Waals surface area contributed by atoms with Crippen molar-refractivity contribution in [2.24, 2.45) is 0 Å². The number of rotatable bonds is 1. The van der Waals surface area contributed by atoms with Crippen LogP contribution in [0.2, 0.25) is 0 Å². The second-order valence-corrected chi connectivity index (χ2v) is 9.98. The average molecular weight is 715 g/mol. The quantitative estimate of drug-likeness (QED) is 0.126. The van der Waals surface area contributed by atoms with E-state index >= 15 is 0 Å². The predicted molar refractivity (Wildman–Crippen MR) is 169 cm³/mol. The van der Waals surface area contributed by atoms with Gasteiger partial charge in [-0.25, -0.2) is 0 Å². The molecule has 201 valence electrons. The van der Waals surface area contributed by atoms with E-state index in [1.165, 1.54) is 10.8 Å². The molecule has 4 heteroatoms. The first-order valence-electron chi connectivity index (χ1n) is 13.6. The smallest absolute Gasteiger partial charge is 0.143 e. The molecular formula is C38H22IrN2O-2. The van der Waals surface area contributed by atoms with E-state index in [4.69, 9.17) is 9.40 Å². The number of fused-ring (bicyclic) bond motifs is 12. The van der Waals surface area contributed by atoms with Crippen molar-refractivity contribution in [2.75, 3.05) is 0 Å². The molecule has 0 unspecified atom stereocenters. The SMILES string of the molecule is [Ir].[c-]1cccc2c1c1ncccc1c1c2ccc2c3ccc4ccccc4c3oc21.[c-]1ccccc1-c1ccccn1. The second kappa shape index (κ2) is 10.8. The van der Waals surface area contributed by atoms with E-state index in [1.54, 1.807) is 6.20 Å². The van der Waals surface area contributed by atoms with Crippen molar-refractivity contribution in [3.63, 3.8) is 0 Å². The zero-order valence-corrected chi connectivity index (χ0v) is 24.7. The molecule has 9 aromatic rings. The minimum Gasteiger partial charge on any atom is -0.455 e. The number of hydrogen-bond acceptors (Lipinski definition) is 3. The number of furan rings is 1. The first kappa shape index (κ1) is 26.0. The summed E-state index contributed by atoms with van der Waals surface area (Å²) in [6.45, 7) is 0. The number of nitrogens with zero attached hydrogens (tertiary/aromatic N) is 2. The summed E-state index contributed by atoms with van der Waals surface area (Å²) in [7, 11) is 0. The zero-order valence-electron chi connectivity index (χ0n) is 22.3. The van der Waals surface area contributed by atoms with Crippen molar-refractivity contribution in [3.05, 3.63) is 146 Å². The van der Waals surface area contributed by atoms with Crippen LogP contribution < -0.4 is 0 Å². The summed E-state index contributed by atoms with van der Waals surface area (Å²) in [5.41, 5.74) is 4.85. The Morgan fingerprint density at radius 1 is 0.500 bits per heavy atom. The maximum absolute atomic E-state index is 6.60. The summed E-state index contributed by atoms with van der Waals surface area (Å²) in [6.07, 6.45) is 3.64. The average Bonchev–Trinajstić information content (AvgIpc) is 3.45. The Hall–Kier alpha value is -4.89. The van der Waals surface area contributed by atoms with Crippen molar-refractivity contribution < 1.29 is 24.5 Å². The molecule has 1 radical (unpaired) electrons. The first-order chi connectivity index (χ1) is 20.4. The fraction of sp³-hybridized carbons (Fsp3) is 0. The van der Waals surface area contributed by atoms with Gasteiger partial charge in [0, 0.05) is 54.0 Å². The summed E-state index contributed by atoms with van der Waals surface area (Å²) in [5, 5.41) is 10.2. The van der Waals surface area contributed by atoms with Crippen molar-refractivity contribution in [1.29, 1.82) is 0 Å². The van der Waals surface area contributed by atoms with Crippen LogP contribution in [0.3, 0.4) is 0 Å². The van der Waals surface area contributed by atoms with Gasteiger partial charge in [-0.05, 0) is 45.6 Å². The third-order valence-corrected chi connectivity index (χ3v) is 7.64. The van der Waals surface area contributed by atoms with Crippen LogP contribution in [0.4, 0.5) is 0 Å². The Morgan fingerprint density at radius 2 is 1.24 bits per heavy atom. The van der Waals surface area contributed by atoms with E-state index in [-0.39, 0.29) is 20.1 Å². The van der Waals surface area contributed by atoms with E-state index in [0.29, 0.717) is 0 Å². The molecule has 0 aliphatic carbocycles. The van der Waals surface area contributed by atoms with Crippen LogP contribution >= 0.6 is 0 Å². The van der Waals surface area contributed by atoms with Crippen LogP contribution in [0, 0.1) is 12.1 Å². The van der Waals surface area contributed by atoms with Gasteiger partial charge in [0.1, 0.15) is 11.2 Å². The molecule has 0 aliphatic heterocycles. The van der Waals surface area contributed by atoms with Gasteiger partial charge in [-0.1, -0.05) is 66.0 Å². The Labute approximate surface area is 255 Å². The monoisotopic (exact) mass is 715 g/mol. The van der Waals surface area contributed by atoms with Gasteiger partial charge >= 0.3 is 0 Å². The molecule has 3 aromatic heterocycles. The van der Waals surface area contributed by atoms with Gasteiger partial charge in [0.25, 0.3) is 0 Å². The molecule has 6 aromatic carbocycles. The van der Waals surface area contributed by atoms with Crippen LogP contribution in [0.25, 0.3) is 76.4 Å². The number of aromatic nitrogens is 2. The van der Waals surface area contributed by atoms with E-state index < -0.39 is 0 Å². The summed E-state index contributed by atoms with van der Waals surface area (Å²) >= 11 is 0. The molecule has 0 saturated carbocycles. The number of pyridine rings is 2. The first-order valence-corrected chi connectivity index (χ1v) is 13.6. The minimum absolute atomic E-state index is 0. The Balaban J connectivity index is 0.000000188. The fourth-order valence-corrected chi connectivity index (χ4v) is 5.80. The molecule has 0 spiro atoms. The van der Waals surface area contributed by atoms with Gasteiger partial charge in [0.05, 0.1) is 0 Å². The van der Waals surface area contributed by atoms with Crippen LogP contribution in [0.15, 0.2) is 138 Å². The minimum atomic E-state index is 0. The Morgan fingerprint density at radius 3 is 2.12 bits per heavy atom. The zero-order chi connectivity index (χ0) is 27.2. The molecule has 0 amide bonds. The Kier molecular flexibility index (Phi) is 6.71. The Bertz CT molecular complexity index is 2290. The van der Waals surface area contributed by atoms with Crippen molar-refractivity contribution in [1.82, 2.24) is 9.97 Å². The summed E-state index contributed by atoms with van der Waals surface area (Å²) in [5.74, 6) is 0. The summed E-state index contributed by atoms with van der Waals surface area (Å²) < 4.78 is 6.60. The van der Waals surface area contributed by atoms with Crippen molar-refractivity contribution in [2.45, 2.75) is 0 Å². The fourth-order valence-electron chi connectivity index (χ4n) is 5.80. The summed E-state index contributed by atoms with van der Waals surface area (Å²) in [4.78, 5) is 8.91. The van der Waals surface area contributed by atoms with Gasteiger partial charge in [-0.2, -0.15) is 0 Å². The standard InChI is InChI=1S/C27H14NO.C11H8N.Ir/c1-2-7-17-16(6-1)11-12-21-22-14-13-19-18-8-3-4-9-20(18)25-23(10-5-15-28-25)24(19)27(22)29-26(17)21;1-2-6-10(7-3-1)11-8-4-5-9-12-11;/h1-8,10-15H;1-6,8-9H;/q2*-1;. The van der Waals surface area contributed by atoms with E-state index in [0.717, 1.165) is 65.6 Å². The number of benzene rings is 6. The van der Waals surface area contributed by atoms with Crippen molar-refractivity contribution in [3.8, 4) is 11.3 Å². The van der Waals surface area contributed by atoms with E-state index in [2.05, 4.69) is 77.8 Å². The predicted octanol–water partition coefficient (Wildman–Crippen LogP) is 9.94. The topological polar surface area (TPSA) is 38.9 Å². The molecule has 0 fully saturated rings. The van der Waals surface area contributed by atoms with Crippen molar-refractivity contribution >= 4 is 65.2 Å².